The highest BCUT2D eigenvalue weighted by Gasteiger charge is 2.32. The lowest BCUT2D eigenvalue weighted by Gasteiger charge is -2.19. The predicted molar refractivity (Wildman–Crippen MR) is 119 cm³/mol. The number of anilines is 3. The van der Waals surface area contributed by atoms with Crippen LogP contribution >= 0.6 is 0 Å². The third kappa shape index (κ3) is 5.60. The van der Waals surface area contributed by atoms with Gasteiger partial charge in [-0.2, -0.15) is 13.2 Å². The molecule has 3 rings (SSSR count). The molecule has 2 N–H and O–H groups in total. The van der Waals surface area contributed by atoms with E-state index in [9.17, 15) is 22.4 Å². The monoisotopic (exact) mass is 461 g/mol. The van der Waals surface area contributed by atoms with Crippen LogP contribution in [-0.2, 0) is 6.18 Å². The zero-order chi connectivity index (χ0) is 24.3. The largest absolute Gasteiger partial charge is 0.481 e. The van der Waals surface area contributed by atoms with Crippen molar-refractivity contribution in [1.82, 2.24) is 4.98 Å². The van der Waals surface area contributed by atoms with E-state index in [0.29, 0.717) is 28.5 Å². The molecule has 0 aliphatic heterocycles. The molecule has 2 aromatic carbocycles. The lowest BCUT2D eigenvalue weighted by molar-refractivity contribution is -0.137. The second kappa shape index (κ2) is 9.48. The molecule has 5 nitrogen and oxygen atoms in total. The lowest BCUT2D eigenvalue weighted by Crippen LogP contribution is -2.16. The van der Waals surface area contributed by atoms with Crippen LogP contribution in [0.5, 0.6) is 5.88 Å². The molecule has 0 atom stereocenters. The summed E-state index contributed by atoms with van der Waals surface area (Å²) in [6, 6.07) is 9.90. The summed E-state index contributed by atoms with van der Waals surface area (Å²) in [4.78, 5) is 17.2. The Kier molecular flexibility index (Phi) is 6.90. The summed E-state index contributed by atoms with van der Waals surface area (Å²) in [6.45, 7) is 5.33. The number of nitrogens with one attached hydrogen (secondary N) is 2. The molecule has 1 aromatic heterocycles. The Labute approximate surface area is 188 Å². The lowest BCUT2D eigenvalue weighted by atomic mass is 10.00. The first-order chi connectivity index (χ1) is 15.5. The van der Waals surface area contributed by atoms with E-state index in [2.05, 4.69) is 15.6 Å². The maximum Gasteiger partial charge on any atom is 0.416 e. The van der Waals surface area contributed by atoms with Gasteiger partial charge in [-0.1, -0.05) is 13.8 Å². The Morgan fingerprint density at radius 2 is 1.70 bits per heavy atom. The Morgan fingerprint density at radius 1 is 1.00 bits per heavy atom. The van der Waals surface area contributed by atoms with Crippen LogP contribution in [0.25, 0.3) is 0 Å². The van der Waals surface area contributed by atoms with E-state index in [1.165, 1.54) is 25.3 Å². The fourth-order valence-electron chi connectivity index (χ4n) is 3.27. The number of aromatic nitrogens is 1. The minimum atomic E-state index is -4.61. The number of carbonyl (C=O) groups excluding carboxylic acids is 1. The van der Waals surface area contributed by atoms with E-state index < -0.39 is 23.5 Å². The number of halogens is 4. The number of pyridine rings is 1. The van der Waals surface area contributed by atoms with Gasteiger partial charge in [0.2, 0.25) is 5.88 Å². The quantitative estimate of drug-likeness (QED) is 0.402. The molecular formula is C24H23F4N3O2. The number of hydrogen-bond acceptors (Lipinski definition) is 4. The smallest absolute Gasteiger partial charge is 0.416 e. The van der Waals surface area contributed by atoms with Crippen molar-refractivity contribution in [2.75, 3.05) is 17.7 Å². The number of hydrogen-bond donors (Lipinski definition) is 2. The molecule has 0 unspecified atom stereocenters. The molecule has 0 radical (unpaired) electrons. The van der Waals surface area contributed by atoms with Gasteiger partial charge in [-0.3, -0.25) is 4.79 Å². The van der Waals surface area contributed by atoms with Gasteiger partial charge in [-0.25, -0.2) is 9.37 Å². The number of benzene rings is 2. The molecule has 174 valence electrons. The van der Waals surface area contributed by atoms with Gasteiger partial charge in [0.1, 0.15) is 5.82 Å². The molecule has 0 saturated carbocycles. The second-order valence-corrected chi connectivity index (χ2v) is 7.71. The van der Waals surface area contributed by atoms with Crippen molar-refractivity contribution >= 4 is 23.0 Å². The standard InChI is InChI=1S/C24H23F4N3O2/c1-13(2)18-12-16(25)6-8-20(18)30-21-11-15(24(26,27)28)5-7-17(21)23(32)31-19-9-10-22(33-4)29-14(19)3/h5-13,30H,1-4H3,(H,31,32). The van der Waals surface area contributed by atoms with E-state index in [1.54, 1.807) is 19.1 Å². The Bertz CT molecular complexity index is 1180. The van der Waals surface area contributed by atoms with Crippen LogP contribution in [0.4, 0.5) is 34.6 Å². The summed E-state index contributed by atoms with van der Waals surface area (Å²) < 4.78 is 58.9. The van der Waals surface area contributed by atoms with Gasteiger partial charge in [0.15, 0.2) is 0 Å². The fourth-order valence-corrected chi connectivity index (χ4v) is 3.27. The summed E-state index contributed by atoms with van der Waals surface area (Å²) in [5.74, 6) is -0.845. The van der Waals surface area contributed by atoms with Crippen molar-refractivity contribution in [3.63, 3.8) is 0 Å². The summed E-state index contributed by atoms with van der Waals surface area (Å²) in [5.41, 5.74) is 0.835. The SMILES string of the molecule is COc1ccc(NC(=O)c2ccc(C(F)(F)F)cc2Nc2ccc(F)cc2C(C)C)c(C)n1. The van der Waals surface area contributed by atoms with Gasteiger partial charge in [-0.15, -0.1) is 0 Å². The number of ether oxygens (including phenoxy) is 1. The van der Waals surface area contributed by atoms with Crippen molar-refractivity contribution in [3.8, 4) is 5.88 Å². The van der Waals surface area contributed by atoms with Crippen molar-refractivity contribution in [2.45, 2.75) is 32.9 Å². The van der Waals surface area contributed by atoms with E-state index in [-0.39, 0.29) is 17.2 Å². The van der Waals surface area contributed by atoms with Gasteiger partial charge in [0.05, 0.1) is 35.3 Å². The van der Waals surface area contributed by atoms with Gasteiger partial charge < -0.3 is 15.4 Å². The normalized spacial score (nSPS) is 11.4. The Morgan fingerprint density at radius 3 is 2.30 bits per heavy atom. The first-order valence-electron chi connectivity index (χ1n) is 10.1. The molecule has 1 heterocycles. The number of nitrogens with zero attached hydrogens (tertiary/aromatic N) is 1. The summed E-state index contributed by atoms with van der Waals surface area (Å²) in [6.07, 6.45) is -4.61. The minimum Gasteiger partial charge on any atom is -0.481 e. The molecule has 9 heteroatoms. The number of methoxy groups -OCH3 is 1. The summed E-state index contributed by atoms with van der Waals surface area (Å²) in [5, 5.41) is 5.57. The molecular weight excluding hydrogens is 438 g/mol. The van der Waals surface area contributed by atoms with Crippen molar-refractivity contribution in [3.05, 3.63) is 76.7 Å². The minimum absolute atomic E-state index is 0.0164. The van der Waals surface area contributed by atoms with Crippen LogP contribution in [0.15, 0.2) is 48.5 Å². The van der Waals surface area contributed by atoms with E-state index in [0.717, 1.165) is 18.2 Å². The summed E-state index contributed by atoms with van der Waals surface area (Å²) >= 11 is 0. The molecule has 0 fully saturated rings. The number of rotatable bonds is 6. The summed E-state index contributed by atoms with van der Waals surface area (Å²) in [7, 11) is 1.46. The molecule has 3 aromatic rings. The highest BCUT2D eigenvalue weighted by Crippen LogP contribution is 2.35. The molecule has 0 saturated heterocycles. The second-order valence-electron chi connectivity index (χ2n) is 7.71. The Hall–Kier alpha value is -3.62. The van der Waals surface area contributed by atoms with Crippen LogP contribution < -0.4 is 15.4 Å². The maximum absolute atomic E-state index is 13.8. The number of carbonyl (C=O) groups is 1. The number of aryl methyl sites for hydroxylation is 1. The molecule has 33 heavy (non-hydrogen) atoms. The Balaban J connectivity index is 2.03. The first-order valence-corrected chi connectivity index (χ1v) is 10.1. The molecule has 0 spiro atoms. The topological polar surface area (TPSA) is 63.2 Å². The third-order valence-corrected chi connectivity index (χ3v) is 5.01. The predicted octanol–water partition coefficient (Wildman–Crippen LogP) is 6.68. The van der Waals surface area contributed by atoms with Gasteiger partial charge in [-0.05, 0) is 60.9 Å². The zero-order valence-electron chi connectivity index (χ0n) is 18.5. The van der Waals surface area contributed by atoms with E-state index in [1.807, 2.05) is 13.8 Å². The molecule has 1 amide bonds. The molecule has 0 bridgehead atoms. The van der Waals surface area contributed by atoms with E-state index >= 15 is 0 Å². The zero-order valence-corrected chi connectivity index (χ0v) is 18.5. The van der Waals surface area contributed by atoms with Crippen molar-refractivity contribution in [2.24, 2.45) is 0 Å². The fraction of sp³-hybridized carbons (Fsp3) is 0.250. The van der Waals surface area contributed by atoms with Gasteiger partial charge in [0.25, 0.3) is 5.91 Å². The van der Waals surface area contributed by atoms with E-state index in [4.69, 9.17) is 4.74 Å². The number of amides is 1. The average Bonchev–Trinajstić information content (AvgIpc) is 2.75. The first kappa shape index (κ1) is 24.0. The van der Waals surface area contributed by atoms with Gasteiger partial charge >= 0.3 is 6.18 Å². The highest BCUT2D eigenvalue weighted by atomic mass is 19.4. The van der Waals surface area contributed by atoms with Gasteiger partial charge in [0, 0.05) is 11.8 Å². The van der Waals surface area contributed by atoms with Crippen molar-refractivity contribution in [1.29, 1.82) is 0 Å². The van der Waals surface area contributed by atoms with Crippen LogP contribution in [0.2, 0.25) is 0 Å². The van der Waals surface area contributed by atoms with Crippen molar-refractivity contribution < 1.29 is 27.1 Å². The molecule has 0 aliphatic rings. The van der Waals surface area contributed by atoms with Crippen LogP contribution in [0, 0.1) is 12.7 Å². The van der Waals surface area contributed by atoms with Crippen LogP contribution in [-0.4, -0.2) is 18.0 Å². The molecule has 0 aliphatic carbocycles. The van der Waals surface area contributed by atoms with Crippen LogP contribution in [0.1, 0.15) is 46.9 Å². The maximum atomic E-state index is 13.8. The number of alkyl halides is 3. The average molecular weight is 461 g/mol. The highest BCUT2D eigenvalue weighted by molar-refractivity contribution is 6.08. The third-order valence-electron chi connectivity index (χ3n) is 5.01. The van der Waals surface area contributed by atoms with Crippen LogP contribution in [0.3, 0.4) is 0 Å².